The van der Waals surface area contributed by atoms with Gasteiger partial charge in [-0.15, -0.1) is 0 Å². The summed E-state index contributed by atoms with van der Waals surface area (Å²) in [6.45, 7) is 0. The number of hydrogen-bond donors (Lipinski definition) is 1. The highest BCUT2D eigenvalue weighted by Crippen LogP contribution is 2.33. The lowest BCUT2D eigenvalue weighted by atomic mass is 9.99. The molecular formula is C15H14ClNO. The fraction of sp³-hybridized carbons (Fsp3) is 0.200. The van der Waals surface area contributed by atoms with E-state index in [4.69, 9.17) is 22.1 Å². The van der Waals surface area contributed by atoms with Gasteiger partial charge in [-0.3, -0.25) is 0 Å². The molecule has 1 aliphatic rings. The van der Waals surface area contributed by atoms with Crippen molar-refractivity contribution in [1.29, 1.82) is 0 Å². The Morgan fingerprint density at radius 1 is 1.17 bits per heavy atom. The van der Waals surface area contributed by atoms with Crippen molar-refractivity contribution in [1.82, 2.24) is 0 Å². The number of nitrogens with two attached hydrogens (primary N) is 1. The van der Waals surface area contributed by atoms with E-state index >= 15 is 0 Å². The number of rotatable bonds is 2. The first-order valence-electron chi connectivity index (χ1n) is 5.99. The van der Waals surface area contributed by atoms with Crippen LogP contribution in [0.3, 0.4) is 0 Å². The smallest absolute Gasteiger partial charge is 0.123 e. The van der Waals surface area contributed by atoms with Gasteiger partial charge in [-0.05, 0) is 29.3 Å². The van der Waals surface area contributed by atoms with Crippen LogP contribution in [0.25, 0.3) is 0 Å². The summed E-state index contributed by atoms with van der Waals surface area (Å²) in [6, 6.07) is 15.6. The number of hydrogen-bond acceptors (Lipinski definition) is 2. The molecule has 2 nitrogen and oxygen atoms in total. The van der Waals surface area contributed by atoms with E-state index in [9.17, 15) is 0 Å². The first kappa shape index (κ1) is 11.6. The van der Waals surface area contributed by atoms with Crippen LogP contribution in [0.15, 0.2) is 48.5 Å². The predicted octanol–water partition coefficient (Wildman–Crippen LogP) is 3.34. The lowest BCUT2D eigenvalue weighted by Gasteiger charge is -2.19. The van der Waals surface area contributed by atoms with Gasteiger partial charge < -0.3 is 10.5 Å². The van der Waals surface area contributed by atoms with Gasteiger partial charge in [0.25, 0.3) is 0 Å². The molecule has 2 N–H and O–H groups in total. The molecule has 2 aromatic rings. The number of halogens is 1. The highest BCUT2D eigenvalue weighted by atomic mass is 35.5. The minimum Gasteiger partial charge on any atom is -0.488 e. The molecule has 92 valence electrons. The third-order valence-electron chi connectivity index (χ3n) is 3.31. The Hall–Kier alpha value is -1.51. The Balaban J connectivity index is 1.82. The standard InChI is InChI=1S/C15H14ClNO/c16-12-6-3-5-11(8-12)15(17)14-9-10-4-1-2-7-13(10)18-14/h1-8,14-15H,9,17H2. The molecule has 0 fully saturated rings. The van der Waals surface area contributed by atoms with Crippen molar-refractivity contribution >= 4 is 11.6 Å². The topological polar surface area (TPSA) is 35.2 Å². The highest BCUT2D eigenvalue weighted by Gasteiger charge is 2.28. The first-order chi connectivity index (χ1) is 8.74. The van der Waals surface area contributed by atoms with Gasteiger partial charge in [-0.2, -0.15) is 0 Å². The molecule has 0 amide bonds. The average molecular weight is 260 g/mol. The minimum absolute atomic E-state index is 0.0131. The molecule has 0 radical (unpaired) electrons. The Morgan fingerprint density at radius 2 is 2.00 bits per heavy atom. The molecule has 0 spiro atoms. The Kier molecular flexibility index (Phi) is 2.98. The van der Waals surface area contributed by atoms with Crippen molar-refractivity contribution in [2.75, 3.05) is 0 Å². The van der Waals surface area contributed by atoms with E-state index in [-0.39, 0.29) is 12.1 Å². The second-order valence-electron chi connectivity index (χ2n) is 4.55. The van der Waals surface area contributed by atoms with Crippen LogP contribution in [0.4, 0.5) is 0 Å². The number of ether oxygens (including phenoxy) is 1. The molecule has 0 saturated carbocycles. The van der Waals surface area contributed by atoms with E-state index in [1.807, 2.05) is 42.5 Å². The summed E-state index contributed by atoms with van der Waals surface area (Å²) in [5, 5.41) is 0.707. The van der Waals surface area contributed by atoms with Gasteiger partial charge >= 0.3 is 0 Å². The zero-order chi connectivity index (χ0) is 12.5. The lowest BCUT2D eigenvalue weighted by Crippen LogP contribution is -2.29. The van der Waals surface area contributed by atoms with E-state index in [1.165, 1.54) is 5.56 Å². The molecule has 2 unspecified atom stereocenters. The van der Waals surface area contributed by atoms with Gasteiger partial charge in [0.2, 0.25) is 0 Å². The van der Waals surface area contributed by atoms with Crippen LogP contribution >= 0.6 is 11.6 Å². The molecule has 0 aliphatic carbocycles. The number of para-hydroxylation sites is 1. The van der Waals surface area contributed by atoms with Gasteiger partial charge in [0.15, 0.2) is 0 Å². The van der Waals surface area contributed by atoms with Crippen molar-refractivity contribution < 1.29 is 4.74 Å². The molecule has 2 atom stereocenters. The van der Waals surface area contributed by atoms with Crippen LogP contribution in [0.5, 0.6) is 5.75 Å². The Labute approximate surface area is 111 Å². The SMILES string of the molecule is NC(c1cccc(Cl)c1)C1Cc2ccccc2O1. The van der Waals surface area contributed by atoms with Crippen LogP contribution in [0.1, 0.15) is 17.2 Å². The number of benzene rings is 2. The minimum atomic E-state index is -0.156. The van der Waals surface area contributed by atoms with Crippen LogP contribution in [0.2, 0.25) is 5.02 Å². The van der Waals surface area contributed by atoms with E-state index in [2.05, 4.69) is 6.07 Å². The lowest BCUT2D eigenvalue weighted by molar-refractivity contribution is 0.200. The largest absolute Gasteiger partial charge is 0.488 e. The van der Waals surface area contributed by atoms with Crippen molar-refractivity contribution in [3.63, 3.8) is 0 Å². The van der Waals surface area contributed by atoms with Crippen molar-refractivity contribution in [3.05, 3.63) is 64.7 Å². The fourth-order valence-electron chi connectivity index (χ4n) is 2.34. The van der Waals surface area contributed by atoms with Crippen LogP contribution < -0.4 is 10.5 Å². The zero-order valence-electron chi connectivity index (χ0n) is 9.84. The molecule has 0 aromatic heterocycles. The van der Waals surface area contributed by atoms with E-state index in [0.717, 1.165) is 17.7 Å². The summed E-state index contributed by atoms with van der Waals surface area (Å²) in [5.41, 5.74) is 8.50. The van der Waals surface area contributed by atoms with Gasteiger partial charge in [0, 0.05) is 11.4 Å². The molecule has 18 heavy (non-hydrogen) atoms. The second kappa shape index (κ2) is 4.63. The van der Waals surface area contributed by atoms with E-state index < -0.39 is 0 Å². The Bertz CT molecular complexity index is 545. The summed E-state index contributed by atoms with van der Waals surface area (Å²) in [4.78, 5) is 0. The fourth-order valence-corrected chi connectivity index (χ4v) is 2.54. The number of fused-ring (bicyclic) bond motifs is 1. The van der Waals surface area contributed by atoms with Crippen LogP contribution in [-0.2, 0) is 6.42 Å². The van der Waals surface area contributed by atoms with Gasteiger partial charge in [-0.25, -0.2) is 0 Å². The van der Waals surface area contributed by atoms with E-state index in [0.29, 0.717) is 5.02 Å². The predicted molar refractivity (Wildman–Crippen MR) is 72.9 cm³/mol. The average Bonchev–Trinajstić information content (AvgIpc) is 2.81. The van der Waals surface area contributed by atoms with E-state index in [1.54, 1.807) is 0 Å². The normalized spacial score (nSPS) is 19.1. The highest BCUT2D eigenvalue weighted by molar-refractivity contribution is 6.30. The molecule has 0 bridgehead atoms. The summed E-state index contributed by atoms with van der Waals surface area (Å²) >= 11 is 5.99. The third kappa shape index (κ3) is 2.09. The maximum atomic E-state index is 6.26. The maximum absolute atomic E-state index is 6.26. The second-order valence-corrected chi connectivity index (χ2v) is 4.99. The van der Waals surface area contributed by atoms with Crippen molar-refractivity contribution in [2.24, 2.45) is 5.73 Å². The molecule has 3 rings (SSSR count). The van der Waals surface area contributed by atoms with Crippen molar-refractivity contribution in [2.45, 2.75) is 18.6 Å². The third-order valence-corrected chi connectivity index (χ3v) is 3.54. The summed E-state index contributed by atoms with van der Waals surface area (Å²) in [5.74, 6) is 0.944. The Morgan fingerprint density at radius 3 is 2.78 bits per heavy atom. The maximum Gasteiger partial charge on any atom is 0.123 e. The molecule has 3 heteroatoms. The molecule has 0 saturated heterocycles. The monoisotopic (exact) mass is 259 g/mol. The van der Waals surface area contributed by atoms with Gasteiger partial charge in [0.05, 0.1) is 6.04 Å². The van der Waals surface area contributed by atoms with Crippen LogP contribution in [0, 0.1) is 0 Å². The van der Waals surface area contributed by atoms with Crippen molar-refractivity contribution in [3.8, 4) is 5.75 Å². The molecule has 2 aromatic carbocycles. The molecule has 1 aliphatic heterocycles. The van der Waals surface area contributed by atoms with Crippen LogP contribution in [-0.4, -0.2) is 6.10 Å². The molecule has 1 heterocycles. The molecular weight excluding hydrogens is 246 g/mol. The quantitative estimate of drug-likeness (QED) is 0.898. The first-order valence-corrected chi connectivity index (χ1v) is 6.37. The summed E-state index contributed by atoms with van der Waals surface area (Å²) in [7, 11) is 0. The van der Waals surface area contributed by atoms with Gasteiger partial charge in [0.1, 0.15) is 11.9 Å². The van der Waals surface area contributed by atoms with Gasteiger partial charge in [-0.1, -0.05) is 41.9 Å². The summed E-state index contributed by atoms with van der Waals surface area (Å²) in [6.07, 6.45) is 0.838. The summed E-state index contributed by atoms with van der Waals surface area (Å²) < 4.78 is 5.89. The zero-order valence-corrected chi connectivity index (χ0v) is 10.6.